The molecule has 128 valence electrons. The molecule has 23 heavy (non-hydrogen) atoms. The van der Waals surface area contributed by atoms with Gasteiger partial charge in [-0.2, -0.15) is 0 Å². The Labute approximate surface area is 140 Å². The van der Waals surface area contributed by atoms with E-state index in [0.717, 1.165) is 31.4 Å². The molecule has 1 aromatic carbocycles. The highest BCUT2D eigenvalue weighted by Crippen LogP contribution is 2.31. The Morgan fingerprint density at radius 3 is 2.78 bits per heavy atom. The molecule has 3 N–H and O–H groups in total. The van der Waals surface area contributed by atoms with Gasteiger partial charge in [0.2, 0.25) is 5.91 Å². The number of amides is 1. The van der Waals surface area contributed by atoms with Crippen molar-refractivity contribution in [3.63, 3.8) is 0 Å². The summed E-state index contributed by atoms with van der Waals surface area (Å²) in [5.41, 5.74) is 8.22. The lowest BCUT2D eigenvalue weighted by Crippen LogP contribution is -2.34. The normalized spacial score (nSPS) is 21.1. The van der Waals surface area contributed by atoms with Crippen molar-refractivity contribution in [1.82, 2.24) is 10.2 Å². The third-order valence-electron chi connectivity index (χ3n) is 5.07. The van der Waals surface area contributed by atoms with Gasteiger partial charge in [-0.3, -0.25) is 9.69 Å². The van der Waals surface area contributed by atoms with Gasteiger partial charge < -0.3 is 11.1 Å². The minimum absolute atomic E-state index is 0.107. The molecular formula is C19H31N3O. The second-order valence-electron chi connectivity index (χ2n) is 7.08. The summed E-state index contributed by atoms with van der Waals surface area (Å²) in [4.78, 5) is 14.7. The lowest BCUT2D eigenvalue weighted by atomic mass is 9.95. The summed E-state index contributed by atoms with van der Waals surface area (Å²) in [5, 5.41) is 3.10. The van der Waals surface area contributed by atoms with Crippen molar-refractivity contribution < 1.29 is 4.79 Å². The number of nitrogens with zero attached hydrogens (tertiary/aromatic N) is 1. The molecule has 1 aliphatic rings. The monoisotopic (exact) mass is 317 g/mol. The van der Waals surface area contributed by atoms with Crippen molar-refractivity contribution in [2.24, 2.45) is 17.6 Å². The van der Waals surface area contributed by atoms with E-state index >= 15 is 0 Å². The van der Waals surface area contributed by atoms with Gasteiger partial charge in [-0.1, -0.05) is 30.7 Å². The fourth-order valence-electron chi connectivity index (χ4n) is 3.29. The molecule has 1 aliphatic carbocycles. The van der Waals surface area contributed by atoms with E-state index in [1.807, 2.05) is 0 Å². The van der Waals surface area contributed by atoms with Crippen LogP contribution in [-0.2, 0) is 17.9 Å². The number of rotatable bonds is 7. The average Bonchev–Trinajstić information content (AvgIpc) is 3.01. The van der Waals surface area contributed by atoms with E-state index in [0.29, 0.717) is 25.0 Å². The van der Waals surface area contributed by atoms with Gasteiger partial charge in [-0.05, 0) is 57.3 Å². The third-order valence-corrected chi connectivity index (χ3v) is 5.07. The average molecular weight is 317 g/mol. The molecule has 0 unspecified atom stereocenters. The van der Waals surface area contributed by atoms with Gasteiger partial charge in [-0.15, -0.1) is 0 Å². The van der Waals surface area contributed by atoms with Gasteiger partial charge in [0.15, 0.2) is 0 Å². The predicted octanol–water partition coefficient (Wildman–Crippen LogP) is 2.52. The van der Waals surface area contributed by atoms with Gasteiger partial charge >= 0.3 is 0 Å². The zero-order chi connectivity index (χ0) is 16.8. The first-order valence-corrected chi connectivity index (χ1v) is 8.77. The highest BCUT2D eigenvalue weighted by atomic mass is 16.1. The van der Waals surface area contributed by atoms with Crippen LogP contribution in [0, 0.1) is 11.8 Å². The van der Waals surface area contributed by atoms with E-state index < -0.39 is 0 Å². The Morgan fingerprint density at radius 2 is 2.09 bits per heavy atom. The molecule has 0 aliphatic heterocycles. The first-order chi connectivity index (χ1) is 11.0. The maximum absolute atomic E-state index is 12.4. The summed E-state index contributed by atoms with van der Waals surface area (Å²) >= 11 is 0. The number of nitrogens with one attached hydrogen (secondary N) is 1. The molecule has 0 heterocycles. The van der Waals surface area contributed by atoms with E-state index in [4.69, 9.17) is 5.73 Å². The lowest BCUT2D eigenvalue weighted by molar-refractivity contribution is -0.126. The van der Waals surface area contributed by atoms with Crippen LogP contribution in [0.4, 0.5) is 0 Å². The number of hydrogen-bond donors (Lipinski definition) is 2. The van der Waals surface area contributed by atoms with Crippen LogP contribution in [0.1, 0.15) is 44.2 Å². The highest BCUT2D eigenvalue weighted by Gasteiger charge is 2.31. The number of carbonyl (C=O) groups excluding carboxylic acids is 1. The molecule has 2 rings (SSSR count). The van der Waals surface area contributed by atoms with Gasteiger partial charge in [0.05, 0.1) is 0 Å². The first kappa shape index (κ1) is 18.0. The number of benzene rings is 1. The largest absolute Gasteiger partial charge is 0.352 e. The van der Waals surface area contributed by atoms with E-state index in [1.165, 1.54) is 5.56 Å². The third kappa shape index (κ3) is 5.05. The van der Waals surface area contributed by atoms with Gasteiger partial charge in [0.1, 0.15) is 0 Å². The first-order valence-electron chi connectivity index (χ1n) is 8.77. The molecule has 1 aromatic rings. The molecule has 4 heteroatoms. The Bertz CT molecular complexity index is 515. The molecule has 0 bridgehead atoms. The van der Waals surface area contributed by atoms with Crippen molar-refractivity contribution in [3.8, 4) is 0 Å². The van der Waals surface area contributed by atoms with Crippen LogP contribution in [0.2, 0.25) is 0 Å². The number of nitrogens with two attached hydrogens (primary N) is 1. The Balaban J connectivity index is 1.89. The summed E-state index contributed by atoms with van der Waals surface area (Å²) in [6.07, 6.45) is 3.19. The summed E-state index contributed by atoms with van der Waals surface area (Å²) in [5.74, 6) is 0.638. The topological polar surface area (TPSA) is 58.4 Å². The zero-order valence-corrected chi connectivity index (χ0v) is 14.7. The van der Waals surface area contributed by atoms with Crippen LogP contribution in [0.25, 0.3) is 0 Å². The molecular weight excluding hydrogens is 286 g/mol. The zero-order valence-electron chi connectivity index (χ0n) is 14.7. The molecule has 0 radical (unpaired) electrons. The van der Waals surface area contributed by atoms with Crippen LogP contribution in [0.15, 0.2) is 24.3 Å². The van der Waals surface area contributed by atoms with Crippen molar-refractivity contribution >= 4 is 5.91 Å². The minimum atomic E-state index is 0.107. The van der Waals surface area contributed by atoms with E-state index in [9.17, 15) is 4.79 Å². The molecule has 1 amide bonds. The predicted molar refractivity (Wildman–Crippen MR) is 94.8 cm³/mol. The van der Waals surface area contributed by atoms with E-state index in [1.54, 1.807) is 0 Å². The minimum Gasteiger partial charge on any atom is -0.352 e. The molecule has 4 nitrogen and oxygen atoms in total. The highest BCUT2D eigenvalue weighted by molar-refractivity contribution is 5.79. The fourth-order valence-corrected chi connectivity index (χ4v) is 3.29. The smallest absolute Gasteiger partial charge is 0.223 e. The maximum atomic E-state index is 12.4. The number of hydrogen-bond acceptors (Lipinski definition) is 3. The molecule has 0 spiro atoms. The van der Waals surface area contributed by atoms with Crippen molar-refractivity contribution in [3.05, 3.63) is 35.4 Å². The molecule has 1 saturated carbocycles. The standard InChI is InChI=1S/C19H31N3O/c1-14(2)22(3)13-16-7-4-6-15(10-16)12-21-19(23)18-9-5-8-17(18)11-20/h4,6-7,10,14,17-18H,5,8-9,11-13,20H2,1-3H3,(H,21,23)/t17-,18-/m1/s1. The SMILES string of the molecule is CC(C)N(C)Cc1cccc(CNC(=O)[C@@H]2CCC[C@@H]2CN)c1. The molecule has 0 saturated heterocycles. The summed E-state index contributed by atoms with van der Waals surface area (Å²) < 4.78 is 0. The second kappa shape index (κ2) is 8.46. The lowest BCUT2D eigenvalue weighted by Gasteiger charge is -2.21. The van der Waals surface area contributed by atoms with Crippen LogP contribution < -0.4 is 11.1 Å². The molecule has 0 aromatic heterocycles. The van der Waals surface area contributed by atoms with Crippen molar-refractivity contribution in [1.29, 1.82) is 0 Å². The van der Waals surface area contributed by atoms with E-state index in [-0.39, 0.29) is 11.8 Å². The number of carbonyl (C=O) groups is 1. The molecule has 2 atom stereocenters. The van der Waals surface area contributed by atoms with Crippen LogP contribution >= 0.6 is 0 Å². The Hall–Kier alpha value is -1.39. The van der Waals surface area contributed by atoms with Gasteiger partial charge in [0, 0.05) is 25.0 Å². The Kier molecular flexibility index (Phi) is 6.60. The quantitative estimate of drug-likeness (QED) is 0.812. The van der Waals surface area contributed by atoms with Crippen LogP contribution in [0.3, 0.4) is 0 Å². The van der Waals surface area contributed by atoms with Crippen molar-refractivity contribution in [2.75, 3.05) is 13.6 Å². The summed E-state index contributed by atoms with van der Waals surface area (Å²) in [6, 6.07) is 9.01. The van der Waals surface area contributed by atoms with E-state index in [2.05, 4.69) is 55.4 Å². The maximum Gasteiger partial charge on any atom is 0.223 e. The fraction of sp³-hybridized carbons (Fsp3) is 0.632. The van der Waals surface area contributed by atoms with Gasteiger partial charge in [0.25, 0.3) is 0 Å². The summed E-state index contributed by atoms with van der Waals surface area (Å²) in [6.45, 7) is 6.54. The second-order valence-corrected chi connectivity index (χ2v) is 7.08. The van der Waals surface area contributed by atoms with Crippen LogP contribution in [0.5, 0.6) is 0 Å². The Morgan fingerprint density at radius 1 is 1.35 bits per heavy atom. The molecule has 1 fully saturated rings. The van der Waals surface area contributed by atoms with Crippen molar-refractivity contribution in [2.45, 2.75) is 52.2 Å². The summed E-state index contributed by atoms with van der Waals surface area (Å²) in [7, 11) is 2.13. The van der Waals surface area contributed by atoms with Crippen LogP contribution in [-0.4, -0.2) is 30.4 Å². The van der Waals surface area contributed by atoms with Gasteiger partial charge in [-0.25, -0.2) is 0 Å².